The molecule has 0 aromatic heterocycles. The fourth-order valence-corrected chi connectivity index (χ4v) is 2.70. The standard InChI is InChI=1S/C12H14BrN/c1-9-2-3-10(13)6-11(9)14-7-12(8-14)4-5-12/h2-3,6H,4-5,7-8H2,1H3. The lowest BCUT2D eigenvalue weighted by molar-refractivity contribution is 0.387. The van der Waals surface area contributed by atoms with Gasteiger partial charge in [0.1, 0.15) is 0 Å². The molecular formula is C12H14BrN. The van der Waals surface area contributed by atoms with Gasteiger partial charge in [-0.05, 0) is 37.5 Å². The Labute approximate surface area is 93.2 Å². The van der Waals surface area contributed by atoms with Crippen molar-refractivity contribution in [3.8, 4) is 0 Å². The van der Waals surface area contributed by atoms with Crippen molar-refractivity contribution in [2.75, 3.05) is 18.0 Å². The Kier molecular flexibility index (Phi) is 1.73. The average molecular weight is 252 g/mol. The molecule has 1 saturated carbocycles. The lowest BCUT2D eigenvalue weighted by Gasteiger charge is -2.42. The highest BCUT2D eigenvalue weighted by molar-refractivity contribution is 9.10. The Morgan fingerprint density at radius 3 is 2.64 bits per heavy atom. The van der Waals surface area contributed by atoms with Crippen LogP contribution in [0.5, 0.6) is 0 Å². The quantitative estimate of drug-likeness (QED) is 0.740. The van der Waals surface area contributed by atoms with E-state index in [2.05, 4.69) is 46.0 Å². The van der Waals surface area contributed by atoms with Gasteiger partial charge in [0.25, 0.3) is 0 Å². The highest BCUT2D eigenvalue weighted by Gasteiger charge is 2.52. The summed E-state index contributed by atoms with van der Waals surface area (Å²) in [5, 5.41) is 0. The van der Waals surface area contributed by atoms with E-state index in [0.717, 1.165) is 5.41 Å². The third-order valence-electron chi connectivity index (χ3n) is 3.52. The predicted octanol–water partition coefficient (Wildman–Crippen LogP) is 3.36. The zero-order valence-corrected chi connectivity index (χ0v) is 9.97. The normalized spacial score (nSPS) is 22.3. The molecule has 0 bridgehead atoms. The summed E-state index contributed by atoms with van der Waals surface area (Å²) < 4.78 is 1.19. The molecule has 0 N–H and O–H groups in total. The van der Waals surface area contributed by atoms with Crippen molar-refractivity contribution in [1.82, 2.24) is 0 Å². The van der Waals surface area contributed by atoms with Gasteiger partial charge in [-0.25, -0.2) is 0 Å². The van der Waals surface area contributed by atoms with Crippen LogP contribution in [-0.2, 0) is 0 Å². The summed E-state index contributed by atoms with van der Waals surface area (Å²) in [6.07, 6.45) is 2.91. The number of benzene rings is 1. The number of aryl methyl sites for hydroxylation is 1. The molecule has 1 aromatic rings. The monoisotopic (exact) mass is 251 g/mol. The van der Waals surface area contributed by atoms with Crippen LogP contribution in [0.4, 0.5) is 5.69 Å². The Morgan fingerprint density at radius 2 is 2.00 bits per heavy atom. The molecule has 1 aromatic carbocycles. The minimum atomic E-state index is 0.745. The number of hydrogen-bond donors (Lipinski definition) is 0. The molecule has 2 heteroatoms. The van der Waals surface area contributed by atoms with Crippen molar-refractivity contribution in [2.45, 2.75) is 19.8 Å². The highest BCUT2D eigenvalue weighted by atomic mass is 79.9. The fourth-order valence-electron chi connectivity index (χ4n) is 2.35. The van der Waals surface area contributed by atoms with Crippen LogP contribution in [0.3, 0.4) is 0 Å². The summed E-state index contributed by atoms with van der Waals surface area (Å²) in [7, 11) is 0. The third kappa shape index (κ3) is 1.28. The highest BCUT2D eigenvalue weighted by Crippen LogP contribution is 2.54. The summed E-state index contributed by atoms with van der Waals surface area (Å²) >= 11 is 3.54. The van der Waals surface area contributed by atoms with E-state index in [9.17, 15) is 0 Å². The molecule has 0 radical (unpaired) electrons. The second kappa shape index (κ2) is 2.75. The average Bonchev–Trinajstić information content (AvgIpc) is 2.86. The summed E-state index contributed by atoms with van der Waals surface area (Å²) in [5.41, 5.74) is 3.55. The van der Waals surface area contributed by atoms with Crippen LogP contribution in [0.2, 0.25) is 0 Å². The Balaban J connectivity index is 1.85. The van der Waals surface area contributed by atoms with E-state index in [1.54, 1.807) is 0 Å². The maximum atomic E-state index is 3.54. The zero-order valence-electron chi connectivity index (χ0n) is 8.39. The predicted molar refractivity (Wildman–Crippen MR) is 62.8 cm³/mol. The number of anilines is 1. The summed E-state index contributed by atoms with van der Waals surface area (Å²) in [6, 6.07) is 6.55. The van der Waals surface area contributed by atoms with Crippen LogP contribution in [0.1, 0.15) is 18.4 Å². The van der Waals surface area contributed by atoms with Crippen LogP contribution in [0.25, 0.3) is 0 Å². The molecule has 74 valence electrons. The molecule has 14 heavy (non-hydrogen) atoms. The van der Waals surface area contributed by atoms with Crippen LogP contribution < -0.4 is 4.90 Å². The van der Waals surface area contributed by atoms with Crippen LogP contribution in [0, 0.1) is 12.3 Å². The van der Waals surface area contributed by atoms with Gasteiger partial charge in [-0.15, -0.1) is 0 Å². The summed E-state index contributed by atoms with van der Waals surface area (Å²) in [6.45, 7) is 4.76. The molecule has 1 saturated heterocycles. The topological polar surface area (TPSA) is 3.24 Å². The lowest BCUT2D eigenvalue weighted by atomic mass is 9.95. The summed E-state index contributed by atoms with van der Waals surface area (Å²) in [5.74, 6) is 0. The molecule has 1 spiro atoms. The molecule has 1 heterocycles. The van der Waals surface area contributed by atoms with Gasteiger partial charge in [0.15, 0.2) is 0 Å². The molecule has 3 rings (SSSR count). The Morgan fingerprint density at radius 1 is 1.29 bits per heavy atom. The molecule has 0 unspecified atom stereocenters. The molecule has 1 nitrogen and oxygen atoms in total. The van der Waals surface area contributed by atoms with Crippen LogP contribution in [0.15, 0.2) is 22.7 Å². The number of hydrogen-bond acceptors (Lipinski definition) is 1. The number of nitrogens with zero attached hydrogens (tertiary/aromatic N) is 1. The van der Waals surface area contributed by atoms with Gasteiger partial charge in [0.2, 0.25) is 0 Å². The van der Waals surface area contributed by atoms with Gasteiger partial charge in [0.05, 0.1) is 0 Å². The first-order chi connectivity index (χ1) is 6.69. The van der Waals surface area contributed by atoms with Crippen molar-refractivity contribution < 1.29 is 0 Å². The van der Waals surface area contributed by atoms with Gasteiger partial charge in [-0.3, -0.25) is 0 Å². The van der Waals surface area contributed by atoms with Gasteiger partial charge >= 0.3 is 0 Å². The van der Waals surface area contributed by atoms with Crippen molar-refractivity contribution in [2.24, 2.45) is 5.41 Å². The van der Waals surface area contributed by atoms with Gasteiger partial charge in [0, 0.05) is 28.7 Å². The molecule has 1 aliphatic carbocycles. The SMILES string of the molecule is Cc1ccc(Br)cc1N1CC2(CC2)C1. The smallest absolute Gasteiger partial charge is 0.0407 e. The van der Waals surface area contributed by atoms with Crippen LogP contribution in [-0.4, -0.2) is 13.1 Å². The largest absolute Gasteiger partial charge is 0.370 e. The van der Waals surface area contributed by atoms with Crippen molar-refractivity contribution in [3.63, 3.8) is 0 Å². The van der Waals surface area contributed by atoms with Crippen molar-refractivity contribution in [3.05, 3.63) is 28.2 Å². The minimum absolute atomic E-state index is 0.745. The molecule has 0 atom stereocenters. The molecule has 0 amide bonds. The molecular weight excluding hydrogens is 238 g/mol. The first-order valence-corrected chi connectivity index (χ1v) is 5.99. The van der Waals surface area contributed by atoms with Crippen molar-refractivity contribution in [1.29, 1.82) is 0 Å². The molecule has 2 aliphatic rings. The third-order valence-corrected chi connectivity index (χ3v) is 4.01. The van der Waals surface area contributed by atoms with E-state index < -0.39 is 0 Å². The lowest BCUT2D eigenvalue weighted by Crippen LogP contribution is -2.48. The van der Waals surface area contributed by atoms with Gasteiger partial charge < -0.3 is 4.90 Å². The molecule has 2 fully saturated rings. The second-order valence-electron chi connectivity index (χ2n) is 4.79. The first kappa shape index (κ1) is 8.78. The van der Waals surface area contributed by atoms with Crippen LogP contribution >= 0.6 is 15.9 Å². The van der Waals surface area contributed by atoms with E-state index in [1.165, 1.54) is 41.7 Å². The summed E-state index contributed by atoms with van der Waals surface area (Å²) in [4.78, 5) is 2.51. The maximum Gasteiger partial charge on any atom is 0.0407 e. The Hall–Kier alpha value is -0.500. The van der Waals surface area contributed by atoms with E-state index in [1.807, 2.05) is 0 Å². The fraction of sp³-hybridized carbons (Fsp3) is 0.500. The van der Waals surface area contributed by atoms with Gasteiger partial charge in [-0.2, -0.15) is 0 Å². The first-order valence-electron chi connectivity index (χ1n) is 5.20. The second-order valence-corrected chi connectivity index (χ2v) is 5.70. The van der Waals surface area contributed by atoms with E-state index in [0.29, 0.717) is 0 Å². The van der Waals surface area contributed by atoms with E-state index in [4.69, 9.17) is 0 Å². The van der Waals surface area contributed by atoms with Crippen molar-refractivity contribution >= 4 is 21.6 Å². The number of rotatable bonds is 1. The van der Waals surface area contributed by atoms with E-state index >= 15 is 0 Å². The molecule has 1 aliphatic heterocycles. The Bertz CT molecular complexity index is 374. The number of halogens is 1. The zero-order chi connectivity index (χ0) is 9.76. The van der Waals surface area contributed by atoms with Gasteiger partial charge in [-0.1, -0.05) is 22.0 Å². The minimum Gasteiger partial charge on any atom is -0.370 e. The maximum absolute atomic E-state index is 3.54. The van der Waals surface area contributed by atoms with E-state index in [-0.39, 0.29) is 0 Å².